The van der Waals surface area contributed by atoms with E-state index in [-0.39, 0.29) is 11.8 Å². The molecule has 3 aromatic rings. The average molecular weight is 350 g/mol. The first-order valence-electron chi connectivity index (χ1n) is 7.65. The topological polar surface area (TPSA) is 63.2 Å². The molecule has 0 fully saturated rings. The number of rotatable bonds is 1. The molecule has 1 aliphatic rings. The van der Waals surface area contributed by atoms with Crippen molar-refractivity contribution in [3.8, 4) is 0 Å². The molecule has 4 rings (SSSR count). The predicted molar refractivity (Wildman–Crippen MR) is 97.0 cm³/mol. The minimum absolute atomic E-state index is 0.337. The quantitative estimate of drug-likeness (QED) is 0.628. The van der Waals surface area contributed by atoms with E-state index in [0.717, 1.165) is 10.3 Å². The third-order valence-corrected chi connectivity index (χ3v) is 4.49. The lowest BCUT2D eigenvalue weighted by Crippen LogP contribution is -2.31. The number of fused-ring (bicyclic) bond motifs is 2. The molecule has 2 amide bonds. The largest absolute Gasteiger partial charge is 0.274 e. The van der Waals surface area contributed by atoms with Crippen LogP contribution in [0.2, 0.25) is 5.02 Å². The summed E-state index contributed by atoms with van der Waals surface area (Å²) in [5.41, 5.74) is 2.68. The van der Waals surface area contributed by atoms with Crippen molar-refractivity contribution >= 4 is 51.7 Å². The van der Waals surface area contributed by atoms with Gasteiger partial charge in [0.2, 0.25) is 5.91 Å². The summed E-state index contributed by atoms with van der Waals surface area (Å²) in [5.74, 6) is -0.726. The van der Waals surface area contributed by atoms with Crippen LogP contribution < -0.4 is 4.90 Å². The van der Waals surface area contributed by atoms with Gasteiger partial charge in [-0.2, -0.15) is 0 Å². The van der Waals surface area contributed by atoms with Crippen LogP contribution in [0.5, 0.6) is 0 Å². The van der Waals surface area contributed by atoms with Crippen molar-refractivity contribution in [2.24, 2.45) is 0 Å². The molecule has 0 N–H and O–H groups in total. The fraction of sp³-hybridized carbons (Fsp3) is 0.0526. The van der Waals surface area contributed by atoms with Gasteiger partial charge in [0.05, 0.1) is 21.8 Å². The first kappa shape index (κ1) is 15.5. The Morgan fingerprint density at radius 3 is 2.60 bits per heavy atom. The number of hydrogen-bond donors (Lipinski definition) is 0. The number of anilines is 1. The summed E-state index contributed by atoms with van der Waals surface area (Å²) in [4.78, 5) is 25.8. The maximum atomic E-state index is 12.7. The number of hydrogen-bond acceptors (Lipinski definition) is 4. The lowest BCUT2D eigenvalue weighted by atomic mass is 10.1. The molecule has 0 saturated heterocycles. The van der Waals surface area contributed by atoms with Crippen molar-refractivity contribution in [1.82, 2.24) is 10.2 Å². The average Bonchev–Trinajstić information content (AvgIpc) is 2.89. The van der Waals surface area contributed by atoms with Crippen LogP contribution >= 0.6 is 11.6 Å². The van der Waals surface area contributed by atoms with Crippen LogP contribution in [0.15, 0.2) is 48.5 Å². The van der Waals surface area contributed by atoms with E-state index >= 15 is 0 Å². The van der Waals surface area contributed by atoms with Crippen molar-refractivity contribution in [3.05, 3.63) is 64.8 Å². The second-order valence-electron chi connectivity index (χ2n) is 5.65. The molecule has 2 aromatic carbocycles. The summed E-state index contributed by atoms with van der Waals surface area (Å²) < 4.78 is 0. The lowest BCUT2D eigenvalue weighted by Gasteiger charge is -2.11. The van der Waals surface area contributed by atoms with Gasteiger partial charge in [-0.05, 0) is 18.2 Å². The van der Waals surface area contributed by atoms with E-state index in [1.54, 1.807) is 24.3 Å². The highest BCUT2D eigenvalue weighted by molar-refractivity contribution is 6.43. The molecule has 0 spiro atoms. The first-order valence-corrected chi connectivity index (χ1v) is 8.03. The van der Waals surface area contributed by atoms with E-state index in [1.165, 1.54) is 6.92 Å². The lowest BCUT2D eigenvalue weighted by molar-refractivity contribution is -0.122. The van der Waals surface area contributed by atoms with Crippen LogP contribution in [0, 0.1) is 0 Å². The van der Waals surface area contributed by atoms with E-state index in [0.29, 0.717) is 33.1 Å². The number of para-hydroxylation sites is 1. The zero-order chi connectivity index (χ0) is 17.6. The Morgan fingerprint density at radius 1 is 1.08 bits per heavy atom. The minimum Gasteiger partial charge on any atom is -0.274 e. The van der Waals surface area contributed by atoms with E-state index in [1.807, 2.05) is 30.3 Å². The van der Waals surface area contributed by atoms with Gasteiger partial charge in [-0.25, -0.2) is 4.90 Å². The molecule has 2 heterocycles. The van der Waals surface area contributed by atoms with Crippen LogP contribution in [-0.4, -0.2) is 22.0 Å². The van der Waals surface area contributed by atoms with Crippen molar-refractivity contribution in [1.29, 1.82) is 0 Å². The van der Waals surface area contributed by atoms with Crippen LogP contribution in [0.4, 0.5) is 5.69 Å². The summed E-state index contributed by atoms with van der Waals surface area (Å²) in [6.07, 6.45) is 1.59. The zero-order valence-corrected chi connectivity index (χ0v) is 14.0. The highest BCUT2D eigenvalue weighted by Gasteiger charge is 2.34. The Balaban J connectivity index is 1.91. The van der Waals surface area contributed by atoms with Gasteiger partial charge in [-0.1, -0.05) is 48.0 Å². The molecule has 0 atom stereocenters. The molecule has 122 valence electrons. The summed E-state index contributed by atoms with van der Waals surface area (Å²) >= 11 is 6.45. The van der Waals surface area contributed by atoms with Gasteiger partial charge >= 0.3 is 0 Å². The molecule has 0 saturated carbocycles. The Hall–Kier alpha value is -3.05. The maximum Gasteiger partial charge on any atom is 0.265 e. The fourth-order valence-corrected chi connectivity index (χ4v) is 3.21. The minimum atomic E-state index is -0.389. The van der Waals surface area contributed by atoms with Gasteiger partial charge < -0.3 is 0 Å². The number of amides is 2. The molecule has 0 aliphatic carbocycles. The molecule has 6 heteroatoms. The van der Waals surface area contributed by atoms with E-state index in [2.05, 4.69) is 10.2 Å². The molecular formula is C19H12ClN3O2. The highest BCUT2D eigenvalue weighted by Crippen LogP contribution is 2.38. The monoisotopic (exact) mass is 349 g/mol. The molecule has 1 aliphatic heterocycles. The molecular weight excluding hydrogens is 338 g/mol. The fourth-order valence-electron chi connectivity index (χ4n) is 2.96. The van der Waals surface area contributed by atoms with Gasteiger partial charge in [0, 0.05) is 17.9 Å². The number of carbonyl (C=O) groups excluding carboxylic acids is 2. The summed E-state index contributed by atoms with van der Waals surface area (Å²) in [5, 5.41) is 9.46. The molecule has 0 bridgehead atoms. The van der Waals surface area contributed by atoms with Crippen LogP contribution in [0.3, 0.4) is 0 Å². The second-order valence-corrected chi connectivity index (χ2v) is 6.03. The Labute approximate surface area is 148 Å². The van der Waals surface area contributed by atoms with Gasteiger partial charge in [0.1, 0.15) is 5.69 Å². The van der Waals surface area contributed by atoms with Crippen LogP contribution in [-0.2, 0) is 9.59 Å². The Morgan fingerprint density at radius 2 is 1.80 bits per heavy atom. The summed E-state index contributed by atoms with van der Waals surface area (Å²) in [7, 11) is 0. The van der Waals surface area contributed by atoms with Gasteiger partial charge in [0.15, 0.2) is 0 Å². The van der Waals surface area contributed by atoms with Gasteiger partial charge in [0.25, 0.3) is 5.91 Å². The SMILES string of the molecule is CC(=O)N1C(=O)/C(=C/c2nnc3ccccc3c2Cl)c2ccccc21. The molecule has 1 aromatic heterocycles. The molecule has 0 radical (unpaired) electrons. The number of carbonyl (C=O) groups is 2. The van der Waals surface area contributed by atoms with Crippen molar-refractivity contribution < 1.29 is 9.59 Å². The van der Waals surface area contributed by atoms with E-state index < -0.39 is 0 Å². The van der Waals surface area contributed by atoms with Crippen LogP contribution in [0.1, 0.15) is 18.2 Å². The number of nitrogens with zero attached hydrogens (tertiary/aromatic N) is 3. The molecule has 0 unspecified atom stereocenters. The third kappa shape index (κ3) is 2.40. The Bertz CT molecular complexity index is 1080. The number of aromatic nitrogens is 2. The second kappa shape index (κ2) is 5.79. The standard InChI is InChI=1S/C19H12ClN3O2/c1-11(24)23-17-9-5-3-6-12(17)14(19(23)25)10-16-18(20)13-7-2-4-8-15(13)21-22-16/h2-10H,1H3/b14-10+. The van der Waals surface area contributed by atoms with Gasteiger partial charge in [-0.3, -0.25) is 9.59 Å². The number of imide groups is 1. The highest BCUT2D eigenvalue weighted by atomic mass is 35.5. The smallest absolute Gasteiger partial charge is 0.265 e. The van der Waals surface area contributed by atoms with Gasteiger partial charge in [-0.15, -0.1) is 10.2 Å². The maximum absolute atomic E-state index is 12.7. The molecule has 5 nitrogen and oxygen atoms in total. The normalized spacial score (nSPS) is 15.0. The molecule has 25 heavy (non-hydrogen) atoms. The number of benzene rings is 2. The van der Waals surface area contributed by atoms with E-state index in [4.69, 9.17) is 11.6 Å². The summed E-state index contributed by atoms with van der Waals surface area (Å²) in [6.45, 7) is 1.36. The van der Waals surface area contributed by atoms with Crippen molar-refractivity contribution in [3.63, 3.8) is 0 Å². The van der Waals surface area contributed by atoms with Crippen molar-refractivity contribution in [2.45, 2.75) is 6.92 Å². The first-order chi connectivity index (χ1) is 12.1. The summed E-state index contributed by atoms with van der Waals surface area (Å²) in [6, 6.07) is 14.5. The van der Waals surface area contributed by atoms with Crippen LogP contribution in [0.25, 0.3) is 22.6 Å². The number of halogens is 1. The van der Waals surface area contributed by atoms with E-state index in [9.17, 15) is 9.59 Å². The third-order valence-electron chi connectivity index (χ3n) is 4.10. The van der Waals surface area contributed by atoms with Crippen molar-refractivity contribution in [2.75, 3.05) is 4.90 Å². The predicted octanol–water partition coefficient (Wildman–Crippen LogP) is 3.72. The zero-order valence-electron chi connectivity index (χ0n) is 13.2. The Kier molecular flexibility index (Phi) is 3.58.